The van der Waals surface area contributed by atoms with E-state index in [1.54, 1.807) is 0 Å². The van der Waals surface area contributed by atoms with Gasteiger partial charge in [0.15, 0.2) is 0 Å². The first-order chi connectivity index (χ1) is 0. The molecule has 0 radical (unpaired) electrons. The monoisotopic (exact) mass is 72.0 g/mol. The van der Waals surface area contributed by atoms with Crippen LogP contribution < -0.4 is 0 Å². The third kappa shape index (κ3) is 15.0. The van der Waals surface area contributed by atoms with Crippen molar-refractivity contribution in [3.8, 4) is 0 Å². The maximum absolute atomic E-state index is 0. The van der Waals surface area contributed by atoms with E-state index in [0.29, 0.717) is 0 Å². The van der Waals surface area contributed by atoms with Gasteiger partial charge in [0, 0.05) is 0 Å². The summed E-state index contributed by atoms with van der Waals surface area (Å²) < 4.78 is 0. The first-order valence-electron chi connectivity index (χ1n) is 0. The Balaban J connectivity index is 0. The van der Waals surface area contributed by atoms with Crippen LogP contribution in [0.3, 0.4) is 0 Å². The van der Waals surface area contributed by atoms with Crippen LogP contribution in [0.2, 0.25) is 0 Å². The van der Waals surface area contributed by atoms with Crippen molar-refractivity contribution in [1.29, 1.82) is 0 Å². The Bertz CT molecular complexity index is 6.00. The minimum absolute atomic E-state index is 0. The molecule has 2 nitrogen and oxygen atoms in total. The fourth-order valence-corrected chi connectivity index (χ4v) is 0. The van der Waals surface area contributed by atoms with Crippen LogP contribution >= 0.6 is 0 Å². The Morgan fingerprint density at radius 3 is 0.750 bits per heavy atom. The van der Waals surface area contributed by atoms with E-state index in [-0.39, 0.29) is 42.4 Å². The van der Waals surface area contributed by atoms with Gasteiger partial charge in [0.2, 0.25) is 0 Å². The average Bonchev–Trinajstić information content (AvgIpc) is 0. The van der Waals surface area contributed by atoms with Gasteiger partial charge in [-0.1, -0.05) is 0 Å². The summed E-state index contributed by atoms with van der Waals surface area (Å²) in [6.45, 7) is 0. The van der Waals surface area contributed by atoms with E-state index in [4.69, 9.17) is 0 Å². The zero-order chi connectivity index (χ0) is 0. The van der Waals surface area contributed by atoms with Gasteiger partial charge < -0.3 is 11.0 Å². The van der Waals surface area contributed by atoms with Gasteiger partial charge in [0.25, 0.3) is 0 Å². The topological polar surface area (TPSA) is 60.0 Å². The van der Waals surface area contributed by atoms with Crippen molar-refractivity contribution < 1.29 is 11.0 Å². The maximum Gasteiger partial charge on any atom is 2.00 e. The molecular weight excluding hydrogens is 67.1 g/mol. The van der Waals surface area contributed by atoms with Gasteiger partial charge in [-0.2, -0.15) is 0 Å². The molecule has 0 heterocycles. The van der Waals surface area contributed by atoms with E-state index in [1.807, 2.05) is 0 Å². The molecule has 0 amide bonds. The molecule has 22 valence electrons. The molecule has 4 heteroatoms. The van der Waals surface area contributed by atoms with Gasteiger partial charge >= 0.3 is 23.1 Å². The molecule has 0 aromatic heterocycles. The van der Waals surface area contributed by atoms with Gasteiger partial charge in [-0.15, -0.1) is 0 Å². The molecule has 0 unspecified atom stereocenters. The molecule has 0 rings (SSSR count). The quantitative estimate of drug-likeness (QED) is 0.313. The molecule has 4 heavy (non-hydrogen) atoms. The van der Waals surface area contributed by atoms with E-state index in [9.17, 15) is 0 Å². The van der Waals surface area contributed by atoms with Crippen molar-refractivity contribution in [2.75, 3.05) is 0 Å². The van der Waals surface area contributed by atoms with E-state index in [1.165, 1.54) is 0 Å². The average molecular weight is 72.2 g/mol. The van der Waals surface area contributed by atoms with Crippen molar-refractivity contribution in [1.82, 2.24) is 0 Å². The molecule has 0 aliphatic rings. The summed E-state index contributed by atoms with van der Waals surface area (Å²) in [5.74, 6) is 0. The molecule has 0 aliphatic carbocycles. The summed E-state index contributed by atoms with van der Waals surface area (Å²) in [6.07, 6.45) is 0. The van der Waals surface area contributed by atoms with Crippen molar-refractivity contribution >= 4 is 31.5 Å². The van der Waals surface area contributed by atoms with Gasteiger partial charge in [-0.3, -0.25) is 0 Å². The standard InChI is InChI=1S/BH3.Mg.2H2O/h1H3;;2*1H2/q;+2;;/p-2. The fraction of sp³-hybridized carbons (Fsp3) is 0. The molecule has 0 bridgehead atoms. The zero-order valence-corrected chi connectivity index (χ0v) is 3.02. The summed E-state index contributed by atoms with van der Waals surface area (Å²) in [7, 11) is 0. The third-order valence-corrected chi connectivity index (χ3v) is 0. The summed E-state index contributed by atoms with van der Waals surface area (Å²) in [5, 5.41) is 0. The molecule has 0 aliphatic heterocycles. The van der Waals surface area contributed by atoms with E-state index in [2.05, 4.69) is 0 Å². The molecule has 0 saturated carbocycles. The molecule has 0 aromatic carbocycles. The third-order valence-electron chi connectivity index (χ3n) is 0. The predicted octanol–water partition coefficient (Wildman–Crippen LogP) is -1.92. The number of rotatable bonds is 0. The predicted molar refractivity (Wildman–Crippen MR) is 19.6 cm³/mol. The number of hydrogen-bond acceptors (Lipinski definition) is 2. The van der Waals surface area contributed by atoms with E-state index in [0.717, 1.165) is 0 Å². The molecule has 0 aromatic rings. The SMILES string of the molecule is B.[Mg+2].[OH-].[OH-]. The molecule has 2 N–H and O–H groups in total. The van der Waals surface area contributed by atoms with Gasteiger partial charge in [0.05, 0.1) is 8.41 Å². The van der Waals surface area contributed by atoms with Crippen LogP contribution in [0.1, 0.15) is 0 Å². The van der Waals surface area contributed by atoms with Crippen LogP contribution in [0.25, 0.3) is 0 Å². The Hall–Kier alpha value is 0.751. The summed E-state index contributed by atoms with van der Waals surface area (Å²) in [6, 6.07) is 0. The smallest absolute Gasteiger partial charge is 0.870 e. The Morgan fingerprint density at radius 1 is 0.750 bits per heavy atom. The minimum Gasteiger partial charge on any atom is -0.870 e. The van der Waals surface area contributed by atoms with Crippen molar-refractivity contribution in [2.24, 2.45) is 0 Å². The van der Waals surface area contributed by atoms with Crippen LogP contribution in [0.15, 0.2) is 0 Å². The molecule has 0 fully saturated rings. The molecular formula is H5BMgO2. The summed E-state index contributed by atoms with van der Waals surface area (Å²) in [5.41, 5.74) is 0. The maximum atomic E-state index is 0. The molecule has 0 atom stereocenters. The summed E-state index contributed by atoms with van der Waals surface area (Å²) in [4.78, 5) is 0. The van der Waals surface area contributed by atoms with Crippen molar-refractivity contribution in [3.63, 3.8) is 0 Å². The molecule has 0 saturated heterocycles. The van der Waals surface area contributed by atoms with E-state index < -0.39 is 0 Å². The second-order valence-electron chi connectivity index (χ2n) is 0. The first-order valence-corrected chi connectivity index (χ1v) is 0. The Labute approximate surface area is 42.9 Å². The van der Waals surface area contributed by atoms with Crippen LogP contribution in [0.4, 0.5) is 0 Å². The minimum atomic E-state index is 0. The van der Waals surface area contributed by atoms with Gasteiger partial charge in [0.1, 0.15) is 0 Å². The van der Waals surface area contributed by atoms with Crippen LogP contribution in [0.5, 0.6) is 0 Å². The fourth-order valence-electron chi connectivity index (χ4n) is 0. The Kier molecular flexibility index (Phi) is 1490. The Morgan fingerprint density at radius 2 is 0.750 bits per heavy atom. The number of hydrogen-bond donors (Lipinski definition) is 0. The van der Waals surface area contributed by atoms with Crippen molar-refractivity contribution in [2.45, 2.75) is 0 Å². The first kappa shape index (κ1) is 118. The largest absolute Gasteiger partial charge is 2.00 e. The normalized spacial score (nSPS) is 0. The second kappa shape index (κ2) is 50.3. The van der Waals surface area contributed by atoms with Crippen LogP contribution in [-0.4, -0.2) is 42.4 Å². The van der Waals surface area contributed by atoms with E-state index >= 15 is 0 Å². The van der Waals surface area contributed by atoms with Gasteiger partial charge in [-0.05, 0) is 0 Å². The van der Waals surface area contributed by atoms with Crippen LogP contribution in [-0.2, 0) is 0 Å². The van der Waals surface area contributed by atoms with Crippen LogP contribution in [0, 0.1) is 0 Å². The van der Waals surface area contributed by atoms with Crippen molar-refractivity contribution in [3.05, 3.63) is 0 Å². The van der Waals surface area contributed by atoms with Gasteiger partial charge in [-0.25, -0.2) is 0 Å². The summed E-state index contributed by atoms with van der Waals surface area (Å²) >= 11 is 0. The second-order valence-corrected chi connectivity index (χ2v) is 0. The zero-order valence-electron chi connectivity index (χ0n) is 1.60. The molecule has 0 spiro atoms.